The molecule has 3 nitrogen and oxygen atoms in total. The molecule has 0 spiro atoms. The molecule has 5 heteroatoms. The van der Waals surface area contributed by atoms with Crippen LogP contribution in [0.3, 0.4) is 0 Å². The fraction of sp³-hybridized carbons (Fsp3) is 0.300. The zero-order chi connectivity index (χ0) is 24.5. The first kappa shape index (κ1) is 24.9. The molecule has 0 aliphatic heterocycles. The molecule has 182 valence electrons. The third kappa shape index (κ3) is 6.70. The van der Waals surface area contributed by atoms with Crippen LogP contribution < -0.4 is 9.47 Å². The summed E-state index contributed by atoms with van der Waals surface area (Å²) in [6, 6.07) is 21.2. The molecule has 0 amide bonds. The lowest BCUT2D eigenvalue weighted by atomic mass is 9.99. The minimum Gasteiger partial charge on any atom is -0.497 e. The molecule has 0 N–H and O–H groups in total. The van der Waals surface area contributed by atoms with Crippen molar-refractivity contribution < 1.29 is 13.9 Å². The van der Waals surface area contributed by atoms with Gasteiger partial charge in [0.1, 0.15) is 23.9 Å². The van der Waals surface area contributed by atoms with Crippen LogP contribution in [0.5, 0.6) is 11.5 Å². The van der Waals surface area contributed by atoms with Crippen LogP contribution in [0.25, 0.3) is 20.5 Å². The smallest absolute Gasteiger partial charge is 0.123 e. The SMILES string of the molecule is CCCCCCN=CCOc1ccc(Cc2c(-c3cccc(F)c3)sc3cc(OC)ccc23)cc1. The second kappa shape index (κ2) is 12.5. The molecule has 1 aromatic heterocycles. The lowest BCUT2D eigenvalue weighted by Crippen LogP contribution is -1.99. The van der Waals surface area contributed by atoms with Gasteiger partial charge < -0.3 is 9.47 Å². The summed E-state index contributed by atoms with van der Waals surface area (Å²) in [5, 5.41) is 1.17. The second-order valence-corrected chi connectivity index (χ2v) is 9.62. The molecule has 0 fully saturated rings. The summed E-state index contributed by atoms with van der Waals surface area (Å²) in [6.45, 7) is 3.57. The zero-order valence-corrected chi connectivity index (χ0v) is 21.2. The molecule has 0 saturated heterocycles. The lowest BCUT2D eigenvalue weighted by Gasteiger charge is -2.08. The van der Waals surface area contributed by atoms with Gasteiger partial charge in [-0.3, -0.25) is 4.99 Å². The predicted octanol–water partition coefficient (Wildman–Crippen LogP) is 8.34. The highest BCUT2D eigenvalue weighted by atomic mass is 32.1. The van der Waals surface area contributed by atoms with Crippen LogP contribution in [0, 0.1) is 5.82 Å². The maximum absolute atomic E-state index is 14.0. The van der Waals surface area contributed by atoms with Crippen molar-refractivity contribution in [1.82, 2.24) is 0 Å². The van der Waals surface area contributed by atoms with E-state index in [1.165, 1.54) is 41.8 Å². The highest BCUT2D eigenvalue weighted by Crippen LogP contribution is 2.41. The number of ether oxygens (including phenoxy) is 2. The van der Waals surface area contributed by atoms with Crippen molar-refractivity contribution in [2.24, 2.45) is 4.99 Å². The number of hydrogen-bond acceptors (Lipinski definition) is 4. The molecule has 3 aromatic carbocycles. The van der Waals surface area contributed by atoms with Crippen LogP contribution in [-0.4, -0.2) is 26.5 Å². The summed E-state index contributed by atoms with van der Waals surface area (Å²) in [5.41, 5.74) is 3.27. The van der Waals surface area contributed by atoms with Gasteiger partial charge in [0.15, 0.2) is 0 Å². The summed E-state index contributed by atoms with van der Waals surface area (Å²) >= 11 is 1.67. The van der Waals surface area contributed by atoms with Gasteiger partial charge in [-0.25, -0.2) is 4.39 Å². The van der Waals surface area contributed by atoms with E-state index in [1.807, 2.05) is 30.5 Å². The van der Waals surface area contributed by atoms with E-state index < -0.39 is 0 Å². The molecule has 4 aromatic rings. The van der Waals surface area contributed by atoms with Crippen molar-refractivity contribution >= 4 is 27.6 Å². The number of methoxy groups -OCH3 is 1. The minimum atomic E-state index is -0.227. The van der Waals surface area contributed by atoms with Crippen molar-refractivity contribution in [2.45, 2.75) is 39.0 Å². The normalized spacial score (nSPS) is 11.4. The van der Waals surface area contributed by atoms with Crippen molar-refractivity contribution in [3.63, 3.8) is 0 Å². The number of unbranched alkanes of at least 4 members (excludes halogenated alkanes) is 3. The number of halogens is 1. The Morgan fingerprint density at radius 3 is 2.54 bits per heavy atom. The number of thiophene rings is 1. The Labute approximate surface area is 211 Å². The Balaban J connectivity index is 1.48. The van der Waals surface area contributed by atoms with E-state index in [4.69, 9.17) is 9.47 Å². The molecular weight excluding hydrogens is 457 g/mol. The van der Waals surface area contributed by atoms with Crippen molar-refractivity contribution in [2.75, 3.05) is 20.3 Å². The van der Waals surface area contributed by atoms with Gasteiger partial charge in [-0.15, -0.1) is 11.3 Å². The van der Waals surface area contributed by atoms with Crippen LogP contribution in [0.1, 0.15) is 43.7 Å². The van der Waals surface area contributed by atoms with Crippen LogP contribution in [0.2, 0.25) is 0 Å². The van der Waals surface area contributed by atoms with Crippen LogP contribution in [0.4, 0.5) is 4.39 Å². The standard InChI is InChI=1S/C30H32FNO2S/c1-3-4-5-6-16-32-17-18-34-25-12-10-22(11-13-25)19-28-27-15-14-26(33-2)21-29(27)35-30(28)23-8-7-9-24(31)20-23/h7-15,17,20-21H,3-6,16,18-19H2,1-2H3. The van der Waals surface area contributed by atoms with Crippen molar-refractivity contribution in [3.8, 4) is 21.9 Å². The van der Waals surface area contributed by atoms with Gasteiger partial charge in [-0.05, 0) is 77.4 Å². The predicted molar refractivity (Wildman–Crippen MR) is 146 cm³/mol. The van der Waals surface area contributed by atoms with Gasteiger partial charge in [-0.2, -0.15) is 0 Å². The highest BCUT2D eigenvalue weighted by molar-refractivity contribution is 7.22. The van der Waals surface area contributed by atoms with Gasteiger partial charge in [0.25, 0.3) is 0 Å². The van der Waals surface area contributed by atoms with Gasteiger partial charge in [0, 0.05) is 22.3 Å². The first-order valence-electron chi connectivity index (χ1n) is 12.2. The molecule has 4 rings (SSSR count). The Bertz CT molecular complexity index is 1260. The van der Waals surface area contributed by atoms with E-state index in [-0.39, 0.29) is 5.82 Å². The summed E-state index contributed by atoms with van der Waals surface area (Å²) in [7, 11) is 1.67. The third-order valence-electron chi connectivity index (χ3n) is 5.99. The summed E-state index contributed by atoms with van der Waals surface area (Å²) in [4.78, 5) is 5.51. The summed E-state index contributed by atoms with van der Waals surface area (Å²) in [6.07, 6.45) is 7.50. The van der Waals surface area contributed by atoms with Crippen LogP contribution in [0.15, 0.2) is 71.7 Å². The van der Waals surface area contributed by atoms with Crippen LogP contribution >= 0.6 is 11.3 Å². The summed E-state index contributed by atoms with van der Waals surface area (Å²) < 4.78 is 26.4. The third-order valence-corrected chi connectivity index (χ3v) is 7.23. The second-order valence-electron chi connectivity index (χ2n) is 8.56. The van der Waals surface area contributed by atoms with Gasteiger partial charge in [0.2, 0.25) is 0 Å². The number of hydrogen-bond donors (Lipinski definition) is 0. The average molecular weight is 490 g/mol. The molecule has 0 aliphatic carbocycles. The fourth-order valence-electron chi connectivity index (χ4n) is 4.11. The Morgan fingerprint density at radius 1 is 0.943 bits per heavy atom. The number of benzene rings is 3. The van der Waals surface area contributed by atoms with Gasteiger partial charge in [0.05, 0.1) is 7.11 Å². The molecule has 35 heavy (non-hydrogen) atoms. The highest BCUT2D eigenvalue weighted by Gasteiger charge is 2.16. The molecule has 0 unspecified atom stereocenters. The Kier molecular flexibility index (Phi) is 8.90. The largest absolute Gasteiger partial charge is 0.497 e. The minimum absolute atomic E-state index is 0.227. The number of rotatable bonds is 12. The molecule has 1 heterocycles. The quantitative estimate of drug-likeness (QED) is 0.148. The Hall–Kier alpha value is -3.18. The van der Waals surface area contributed by atoms with E-state index in [2.05, 4.69) is 36.2 Å². The van der Waals surface area contributed by atoms with Crippen molar-refractivity contribution in [3.05, 3.63) is 83.7 Å². The molecule has 0 saturated carbocycles. The van der Waals surface area contributed by atoms with E-state index >= 15 is 0 Å². The molecule has 0 bridgehead atoms. The number of aliphatic imine (C=N–C) groups is 1. The number of nitrogens with zero attached hydrogens (tertiary/aromatic N) is 1. The maximum Gasteiger partial charge on any atom is 0.123 e. The van der Waals surface area contributed by atoms with Crippen LogP contribution in [-0.2, 0) is 6.42 Å². The van der Waals surface area contributed by atoms with E-state index in [1.54, 1.807) is 30.6 Å². The molecular formula is C30H32FNO2S. The average Bonchev–Trinajstić information content (AvgIpc) is 3.24. The summed E-state index contributed by atoms with van der Waals surface area (Å²) in [5.74, 6) is 1.42. The first-order valence-corrected chi connectivity index (χ1v) is 13.0. The van der Waals surface area contributed by atoms with Gasteiger partial charge in [-0.1, -0.05) is 50.5 Å². The van der Waals surface area contributed by atoms with E-state index in [0.29, 0.717) is 6.61 Å². The molecule has 0 aliphatic rings. The van der Waals surface area contributed by atoms with E-state index in [9.17, 15) is 4.39 Å². The zero-order valence-electron chi connectivity index (χ0n) is 20.4. The van der Waals surface area contributed by atoms with Crippen molar-refractivity contribution in [1.29, 1.82) is 0 Å². The molecule has 0 radical (unpaired) electrons. The molecule has 0 atom stereocenters. The lowest BCUT2D eigenvalue weighted by molar-refractivity contribution is 0.380. The fourth-order valence-corrected chi connectivity index (χ4v) is 5.36. The van der Waals surface area contributed by atoms with Gasteiger partial charge >= 0.3 is 0 Å². The first-order chi connectivity index (χ1) is 17.2. The van der Waals surface area contributed by atoms with E-state index in [0.717, 1.165) is 46.0 Å². The topological polar surface area (TPSA) is 30.8 Å². The Morgan fingerprint density at radius 2 is 1.77 bits per heavy atom. The monoisotopic (exact) mass is 489 g/mol. The number of fused-ring (bicyclic) bond motifs is 1. The maximum atomic E-state index is 14.0.